The average molecular weight is 529 g/mol. The first-order valence-corrected chi connectivity index (χ1v) is 11.1. The van der Waals surface area contributed by atoms with Crippen LogP contribution in [0, 0.1) is 0 Å². The zero-order valence-electron chi connectivity index (χ0n) is 19.5. The Labute approximate surface area is 217 Å². The second-order valence-corrected chi connectivity index (χ2v) is 8.30. The number of carbonyl (C=O) groups is 8. The fourth-order valence-electron chi connectivity index (χ4n) is 3.88. The smallest absolute Gasteiger partial charge is 0.336 e. The molecule has 3 aliphatic heterocycles. The van der Waals surface area contributed by atoms with Crippen molar-refractivity contribution in [2.45, 2.75) is 12.1 Å². The van der Waals surface area contributed by atoms with Gasteiger partial charge in [-0.15, -0.1) is 0 Å². The number of nitrogens with zero attached hydrogens (tertiary/aromatic N) is 3. The van der Waals surface area contributed by atoms with Gasteiger partial charge in [0.05, 0.1) is 16.8 Å². The van der Waals surface area contributed by atoms with Crippen molar-refractivity contribution in [1.82, 2.24) is 21.3 Å². The predicted molar refractivity (Wildman–Crippen MR) is 131 cm³/mol. The average Bonchev–Trinajstić information content (AvgIpc) is 3.16. The molecule has 3 aliphatic rings. The van der Waals surface area contributed by atoms with E-state index < -0.39 is 59.6 Å². The molecule has 2 unspecified atom stereocenters. The van der Waals surface area contributed by atoms with Gasteiger partial charge in [0, 0.05) is 23.6 Å². The fraction of sp³-hybridized carbons (Fsp3) is 0.0833. The van der Waals surface area contributed by atoms with Gasteiger partial charge in [-0.25, -0.2) is 24.5 Å². The monoisotopic (exact) mass is 529 g/mol. The number of urea groups is 2. The minimum Gasteiger partial charge on any atom is -0.336 e. The molecule has 2 aromatic rings. The Morgan fingerprint density at radius 3 is 1.69 bits per heavy atom. The molecule has 0 saturated heterocycles. The Balaban J connectivity index is 1.30. The van der Waals surface area contributed by atoms with E-state index in [4.69, 9.17) is 0 Å². The minimum absolute atomic E-state index is 0.0149. The third-order valence-corrected chi connectivity index (χ3v) is 5.82. The summed E-state index contributed by atoms with van der Waals surface area (Å²) in [4.78, 5) is 105. The molecule has 10 amide bonds. The summed E-state index contributed by atoms with van der Waals surface area (Å²) < 4.78 is 0. The maximum atomic E-state index is 13.1. The summed E-state index contributed by atoms with van der Waals surface area (Å²) in [5, 5.41) is 8.65. The molecule has 4 N–H and O–H groups in total. The van der Waals surface area contributed by atoms with Crippen LogP contribution in [0.15, 0.2) is 52.4 Å². The number of aliphatic imine (C=N–C) groups is 2. The van der Waals surface area contributed by atoms with E-state index >= 15 is 0 Å². The van der Waals surface area contributed by atoms with Crippen LogP contribution < -0.4 is 26.2 Å². The summed E-state index contributed by atoms with van der Waals surface area (Å²) in [6.45, 7) is 0. The van der Waals surface area contributed by atoms with Gasteiger partial charge in [0.15, 0.2) is 0 Å². The summed E-state index contributed by atoms with van der Waals surface area (Å²) in [7, 11) is 0. The highest BCUT2D eigenvalue weighted by Gasteiger charge is 2.37. The summed E-state index contributed by atoms with van der Waals surface area (Å²) in [5.74, 6) is -4.30. The third kappa shape index (κ3) is 4.66. The molecular weight excluding hydrogens is 514 g/mol. The maximum Gasteiger partial charge on any atom is 0.347 e. The Morgan fingerprint density at radius 1 is 0.667 bits per heavy atom. The molecule has 2 atom stereocenters. The number of fused-ring (bicyclic) bond motifs is 1. The Kier molecular flexibility index (Phi) is 6.07. The largest absolute Gasteiger partial charge is 0.347 e. The molecule has 3 heterocycles. The highest BCUT2D eigenvalue weighted by Crippen LogP contribution is 2.29. The lowest BCUT2D eigenvalue weighted by atomic mass is 10.0. The van der Waals surface area contributed by atoms with Crippen molar-refractivity contribution in [3.63, 3.8) is 0 Å². The van der Waals surface area contributed by atoms with E-state index in [1.165, 1.54) is 42.5 Å². The highest BCUT2D eigenvalue weighted by atomic mass is 16.2. The number of imide groups is 3. The first kappa shape index (κ1) is 24.8. The maximum absolute atomic E-state index is 13.1. The molecule has 39 heavy (non-hydrogen) atoms. The molecule has 194 valence electrons. The molecule has 2 aromatic carbocycles. The lowest BCUT2D eigenvalue weighted by molar-refractivity contribution is -0.121. The van der Waals surface area contributed by atoms with Crippen molar-refractivity contribution in [2.24, 2.45) is 9.98 Å². The second-order valence-electron chi connectivity index (χ2n) is 8.30. The molecule has 0 aromatic heterocycles. The number of amides is 10. The van der Waals surface area contributed by atoms with Crippen LogP contribution in [-0.4, -0.2) is 72.0 Å². The molecule has 0 radical (unpaired) electrons. The van der Waals surface area contributed by atoms with Gasteiger partial charge in [0.1, 0.15) is 12.1 Å². The second kappa shape index (κ2) is 9.55. The fourth-order valence-corrected chi connectivity index (χ4v) is 3.88. The van der Waals surface area contributed by atoms with E-state index in [1.54, 1.807) is 0 Å². The van der Waals surface area contributed by atoms with Crippen LogP contribution >= 0.6 is 0 Å². The minimum atomic E-state index is -1.20. The first-order valence-electron chi connectivity index (χ1n) is 11.1. The Hall–Kier alpha value is -5.86. The van der Waals surface area contributed by atoms with Gasteiger partial charge in [0.2, 0.25) is 0 Å². The van der Waals surface area contributed by atoms with E-state index in [1.807, 2.05) is 10.6 Å². The van der Waals surface area contributed by atoms with Gasteiger partial charge in [0.25, 0.3) is 35.4 Å². The Bertz CT molecular complexity index is 1580. The van der Waals surface area contributed by atoms with E-state index in [0.717, 1.165) is 17.3 Å². The lowest BCUT2D eigenvalue weighted by Gasteiger charge is -2.17. The number of rotatable bonds is 5. The van der Waals surface area contributed by atoms with Crippen LogP contribution in [0.1, 0.15) is 41.4 Å². The molecule has 0 fully saturated rings. The van der Waals surface area contributed by atoms with Crippen LogP contribution in [0.4, 0.5) is 15.3 Å². The van der Waals surface area contributed by atoms with E-state index in [-0.39, 0.29) is 27.9 Å². The van der Waals surface area contributed by atoms with Gasteiger partial charge in [-0.2, -0.15) is 0 Å². The predicted octanol–water partition coefficient (Wildman–Crippen LogP) is -0.675. The van der Waals surface area contributed by atoms with Crippen LogP contribution in [-0.2, 0) is 9.59 Å². The highest BCUT2D eigenvalue weighted by molar-refractivity contribution is 6.34. The zero-order valence-corrected chi connectivity index (χ0v) is 19.5. The molecule has 0 bridgehead atoms. The number of benzene rings is 2. The summed E-state index contributed by atoms with van der Waals surface area (Å²) in [5.41, 5.74) is 0.218. The van der Waals surface area contributed by atoms with Crippen molar-refractivity contribution in [3.8, 4) is 0 Å². The van der Waals surface area contributed by atoms with Crippen molar-refractivity contribution >= 4 is 65.6 Å². The van der Waals surface area contributed by atoms with Crippen molar-refractivity contribution in [2.75, 3.05) is 4.90 Å². The summed E-state index contributed by atoms with van der Waals surface area (Å²) in [6.07, 6.45) is 1.98. The van der Waals surface area contributed by atoms with Crippen molar-refractivity contribution in [1.29, 1.82) is 0 Å². The molecular formula is C24H15N7O8. The quantitative estimate of drug-likeness (QED) is 0.364. The van der Waals surface area contributed by atoms with E-state index in [2.05, 4.69) is 20.6 Å². The van der Waals surface area contributed by atoms with Crippen molar-refractivity contribution < 1.29 is 38.4 Å². The van der Waals surface area contributed by atoms with Gasteiger partial charge < -0.3 is 10.6 Å². The summed E-state index contributed by atoms with van der Waals surface area (Å²) >= 11 is 0. The Morgan fingerprint density at radius 2 is 1.15 bits per heavy atom. The zero-order chi connectivity index (χ0) is 27.8. The summed E-state index contributed by atoms with van der Waals surface area (Å²) in [6, 6.07) is 5.12. The van der Waals surface area contributed by atoms with Crippen LogP contribution in [0.5, 0.6) is 0 Å². The standard InChI is InChI=1S/C24H15N7O8/c32-17(27-15-8-25-23(38)29-19(15)34)10-1-4-12(5-2-10)31-21(36)13-6-3-11(7-14(13)22(31)37)18(33)28-16-9-26-24(39)30-20(16)35/h1-9,15-16H,(H,27,32)(H,28,33)(H,29,34,38)(H,30,35,39). The van der Waals surface area contributed by atoms with Gasteiger partial charge in [-0.3, -0.25) is 39.4 Å². The number of anilines is 1. The molecule has 0 spiro atoms. The normalized spacial score (nSPS) is 19.9. The third-order valence-electron chi connectivity index (χ3n) is 5.82. The molecule has 15 heteroatoms. The van der Waals surface area contributed by atoms with Gasteiger partial charge in [-0.05, 0) is 42.5 Å². The topological polar surface area (TPSA) is 213 Å². The lowest BCUT2D eigenvalue weighted by Crippen LogP contribution is -2.51. The number of carbonyl (C=O) groups excluding carboxylic acids is 8. The van der Waals surface area contributed by atoms with E-state index in [9.17, 15) is 38.4 Å². The molecule has 0 saturated carbocycles. The van der Waals surface area contributed by atoms with Crippen LogP contribution in [0.2, 0.25) is 0 Å². The number of nitrogens with one attached hydrogen (secondary N) is 4. The molecule has 15 nitrogen and oxygen atoms in total. The van der Waals surface area contributed by atoms with Crippen molar-refractivity contribution in [3.05, 3.63) is 64.7 Å². The van der Waals surface area contributed by atoms with Gasteiger partial charge in [-0.1, -0.05) is 0 Å². The molecule has 5 rings (SSSR count). The SMILES string of the molecule is O=C1N=CC(NC(=O)c2ccc(N3C(=O)c4ccc(C(=O)NC5C=NC(=O)NC5=O)cc4C3=O)cc2)C(=O)N1. The number of hydrogen-bond donors (Lipinski definition) is 4. The first-order chi connectivity index (χ1) is 18.6. The van der Waals surface area contributed by atoms with E-state index in [0.29, 0.717) is 0 Å². The molecule has 0 aliphatic carbocycles. The van der Waals surface area contributed by atoms with Gasteiger partial charge >= 0.3 is 12.1 Å². The number of hydrogen-bond acceptors (Lipinski definition) is 8. The van der Waals surface area contributed by atoms with Crippen LogP contribution in [0.3, 0.4) is 0 Å². The van der Waals surface area contributed by atoms with Crippen LogP contribution in [0.25, 0.3) is 0 Å².